The number of hydrogen-bond acceptors (Lipinski definition) is 1. The Morgan fingerprint density at radius 2 is 1.71 bits per heavy atom. The van der Waals surface area contributed by atoms with Crippen molar-refractivity contribution >= 4 is 36.6 Å². The van der Waals surface area contributed by atoms with Gasteiger partial charge in [-0.25, -0.2) is 4.57 Å². The van der Waals surface area contributed by atoms with Gasteiger partial charge < -0.3 is 4.89 Å². The van der Waals surface area contributed by atoms with Gasteiger partial charge in [0.05, 0.1) is 0 Å². The van der Waals surface area contributed by atoms with E-state index in [0.29, 0.717) is 0 Å². The summed E-state index contributed by atoms with van der Waals surface area (Å²) in [7, 11) is -0.833. The Hall–Kier alpha value is 1.06. The van der Waals surface area contributed by atoms with Gasteiger partial charge in [-0.05, 0) is 0 Å². The van der Waals surface area contributed by atoms with Crippen LogP contribution in [0.2, 0.25) is 3.17 Å². The van der Waals surface area contributed by atoms with Crippen molar-refractivity contribution in [1.82, 2.24) is 0 Å². The third kappa shape index (κ3) is 161. The molecule has 0 amide bonds. The first-order chi connectivity index (χ1) is 3.15. The first-order valence-corrected chi connectivity index (χ1v) is 4.03. The largest absolute Gasteiger partial charge is 0.324 e. The van der Waals surface area contributed by atoms with Crippen LogP contribution in [0.1, 0.15) is 13.8 Å². The molecule has 1 N–H and O–H groups in total. The van der Waals surface area contributed by atoms with Gasteiger partial charge >= 0.3 is 53.6 Å². The molecule has 2 nitrogen and oxygen atoms in total. The van der Waals surface area contributed by atoms with E-state index in [-0.39, 0.29) is 0 Å². The molecule has 0 aromatic carbocycles. The summed E-state index contributed by atoms with van der Waals surface area (Å²) in [6, 6.07) is 0. The monoisotopic (exact) mass is 130 g/mol. The molecule has 38 valence electrons. The second-order valence-corrected chi connectivity index (χ2v) is 4.29. The average Bonchev–Trinajstić information content (AvgIpc) is 1.33. The van der Waals surface area contributed by atoms with Crippen molar-refractivity contribution in [3.8, 4) is 0 Å². The van der Waals surface area contributed by atoms with Crippen molar-refractivity contribution < 1.29 is 9.46 Å². The maximum absolute atomic E-state index is 8.46. The van der Waals surface area contributed by atoms with Crippen LogP contribution in [0.5, 0.6) is 0 Å². The van der Waals surface area contributed by atoms with Crippen molar-refractivity contribution in [3.63, 3.8) is 0 Å². The Balaban J connectivity index is 0. The molecule has 4 heteroatoms. The molecule has 0 aliphatic rings. The summed E-state index contributed by atoms with van der Waals surface area (Å²) in [4.78, 5) is 6.99. The van der Waals surface area contributed by atoms with Crippen LogP contribution in [-0.2, 0) is 4.57 Å². The van der Waals surface area contributed by atoms with E-state index >= 15 is 0 Å². The van der Waals surface area contributed by atoms with Crippen LogP contribution < -0.4 is 0 Å². The zero-order valence-electron chi connectivity index (χ0n) is 4.88. The van der Waals surface area contributed by atoms with Crippen LogP contribution in [0.15, 0.2) is 0 Å². The molecule has 0 atom stereocenters. The molecule has 0 unspecified atom stereocenters. The Morgan fingerprint density at radius 3 is 1.71 bits per heavy atom. The van der Waals surface area contributed by atoms with Crippen LogP contribution in [0, 0.1) is 0 Å². The van der Waals surface area contributed by atoms with Gasteiger partial charge in [0, 0.05) is 0 Å². The third-order valence-corrected chi connectivity index (χ3v) is 0. The van der Waals surface area contributed by atoms with Gasteiger partial charge in [0.1, 0.15) is 0 Å². The zero-order valence-corrected chi connectivity index (χ0v) is 7.77. The molecule has 0 aliphatic heterocycles. The molecule has 0 heterocycles. The third-order valence-electron chi connectivity index (χ3n) is 0. The molecule has 0 aliphatic carbocycles. The second-order valence-electron chi connectivity index (χ2n) is 1.81. The summed E-state index contributed by atoms with van der Waals surface area (Å²) in [6.45, 7) is 4.46. The van der Waals surface area contributed by atoms with Gasteiger partial charge in [0.15, 0.2) is 0 Å². The minimum Gasteiger partial charge on any atom is -0.310 e. The van der Waals surface area contributed by atoms with E-state index in [9.17, 15) is 0 Å². The predicted molar refractivity (Wildman–Crippen MR) is 30.7 cm³/mol. The van der Waals surface area contributed by atoms with Gasteiger partial charge in [0.25, 0.3) is 0 Å². The van der Waals surface area contributed by atoms with E-state index < -0.39 is 8.69 Å². The van der Waals surface area contributed by atoms with Crippen LogP contribution in [0.3, 0.4) is 0 Å². The minimum absolute atomic E-state index is 0.833. The second kappa shape index (κ2) is 10.1. The van der Waals surface area contributed by atoms with Crippen LogP contribution in [0.4, 0.5) is 0 Å². The van der Waals surface area contributed by atoms with Gasteiger partial charge in [0.2, 0.25) is 0 Å². The van der Waals surface area contributed by atoms with Gasteiger partial charge in [-0.15, -0.1) is 0 Å². The van der Waals surface area contributed by atoms with Gasteiger partial charge in [-0.2, -0.15) is 0 Å². The summed E-state index contributed by atoms with van der Waals surface area (Å²) in [5.41, 5.74) is 0. The molecular formula is C3H8NaO2P. The topological polar surface area (TPSA) is 37.3 Å². The first-order valence-electron chi connectivity index (χ1n) is 2.11. The van der Waals surface area contributed by atoms with Crippen molar-refractivity contribution in [2.75, 3.05) is 0 Å². The Morgan fingerprint density at radius 1 is 1.71 bits per heavy atom. The average molecular weight is 130 g/mol. The van der Waals surface area contributed by atoms with Crippen molar-refractivity contribution in [2.45, 2.75) is 17.0 Å². The maximum atomic E-state index is 8.46. The van der Waals surface area contributed by atoms with E-state index in [1.54, 1.807) is 0 Å². The molecule has 0 spiro atoms. The van der Waals surface area contributed by atoms with E-state index in [1.165, 1.54) is 27.9 Å². The summed E-state index contributed by atoms with van der Waals surface area (Å²) >= 11 is 1.35. The summed E-state index contributed by atoms with van der Waals surface area (Å²) in [5, 5.41) is 0. The normalized spacial score (nSPS) is 8.29. The molecule has 0 saturated carbocycles. The molecule has 7 heavy (non-hydrogen) atoms. The smallest absolute Gasteiger partial charge is 0.310 e. The molecule has 0 fully saturated rings. The standard InChI is InChI=1S/C3H7.Na.HO2P/c1-3-2;;1-3-2/h3H,1-2H3;;(H,1,2). The van der Waals surface area contributed by atoms with Gasteiger partial charge in [-0.1, -0.05) is 0 Å². The van der Waals surface area contributed by atoms with Crippen LogP contribution in [0.25, 0.3) is 0 Å². The summed E-state index contributed by atoms with van der Waals surface area (Å²) < 4.78 is 9.43. The summed E-state index contributed by atoms with van der Waals surface area (Å²) in [6.07, 6.45) is 0. The Bertz CT molecular complexity index is 37.2. The van der Waals surface area contributed by atoms with Crippen LogP contribution >= 0.6 is 8.69 Å². The molecule has 0 radical (unpaired) electrons. The van der Waals surface area contributed by atoms with E-state index in [2.05, 4.69) is 13.8 Å². The Labute approximate surface area is 63.0 Å². The SMILES string of the molecule is C[CH](C)[Na].O=PO. The molecule has 0 aromatic rings. The van der Waals surface area contributed by atoms with E-state index in [4.69, 9.17) is 9.46 Å². The van der Waals surface area contributed by atoms with Crippen molar-refractivity contribution in [1.29, 1.82) is 0 Å². The van der Waals surface area contributed by atoms with Crippen molar-refractivity contribution in [3.05, 3.63) is 0 Å². The predicted octanol–water partition coefficient (Wildman–Crippen LogP) is 1.17. The number of rotatable bonds is 0. The first kappa shape index (κ1) is 10.9. The Kier molecular flexibility index (Phi) is 15.8. The fraction of sp³-hybridized carbons (Fsp3) is 1.00. The van der Waals surface area contributed by atoms with Crippen molar-refractivity contribution in [2.24, 2.45) is 0 Å². The maximum Gasteiger partial charge on any atom is 0.324 e. The fourth-order valence-electron chi connectivity index (χ4n) is 0. The van der Waals surface area contributed by atoms with Gasteiger partial charge in [-0.3, -0.25) is 0 Å². The molecule has 0 rings (SSSR count). The molecule has 0 bridgehead atoms. The molecular weight excluding hydrogens is 122 g/mol. The van der Waals surface area contributed by atoms with E-state index in [1.807, 2.05) is 0 Å². The fourth-order valence-corrected chi connectivity index (χ4v) is 0. The van der Waals surface area contributed by atoms with Crippen LogP contribution in [-0.4, -0.2) is 32.8 Å². The molecule has 0 aromatic heterocycles. The number of hydrogen-bond donors (Lipinski definition) is 1. The zero-order chi connectivity index (χ0) is 6.28. The molecule has 0 saturated heterocycles. The summed E-state index contributed by atoms with van der Waals surface area (Å²) in [5.74, 6) is 0. The van der Waals surface area contributed by atoms with E-state index in [0.717, 1.165) is 3.17 Å². The minimum atomic E-state index is -0.833. The quantitative estimate of drug-likeness (QED) is 0.394.